The van der Waals surface area contributed by atoms with Gasteiger partial charge in [0.05, 0.1) is 4.88 Å². The Labute approximate surface area is 105 Å². The molecule has 1 unspecified atom stereocenters. The summed E-state index contributed by atoms with van der Waals surface area (Å²) in [5.74, 6) is 0.764. The topological polar surface area (TPSA) is 63.8 Å². The normalized spacial score (nSPS) is 12.4. The molecule has 0 fully saturated rings. The quantitative estimate of drug-likeness (QED) is 0.871. The van der Waals surface area contributed by atoms with Crippen LogP contribution in [-0.4, -0.2) is 22.8 Å². The lowest BCUT2D eigenvalue weighted by Crippen LogP contribution is -2.25. The van der Waals surface area contributed by atoms with E-state index < -0.39 is 0 Å². The van der Waals surface area contributed by atoms with Gasteiger partial charge in [0, 0.05) is 12.6 Å². The SMILES string of the molecule is Cc1ccsc1-c1ccc(NCC(C)N)nn1. The van der Waals surface area contributed by atoms with Crippen molar-refractivity contribution in [3.63, 3.8) is 0 Å². The number of hydrogen-bond acceptors (Lipinski definition) is 5. The van der Waals surface area contributed by atoms with Gasteiger partial charge in [-0.05, 0) is 43.0 Å². The van der Waals surface area contributed by atoms with Gasteiger partial charge in [-0.25, -0.2) is 0 Å². The van der Waals surface area contributed by atoms with E-state index in [9.17, 15) is 0 Å². The maximum absolute atomic E-state index is 5.66. The van der Waals surface area contributed by atoms with E-state index in [4.69, 9.17) is 5.73 Å². The summed E-state index contributed by atoms with van der Waals surface area (Å²) in [6.07, 6.45) is 0. The van der Waals surface area contributed by atoms with Crippen LogP contribution in [0.5, 0.6) is 0 Å². The first kappa shape index (κ1) is 12.0. The number of nitrogens with two attached hydrogens (primary N) is 1. The summed E-state index contributed by atoms with van der Waals surface area (Å²) < 4.78 is 0. The van der Waals surface area contributed by atoms with E-state index in [2.05, 4.69) is 33.9 Å². The zero-order chi connectivity index (χ0) is 12.3. The number of rotatable bonds is 4. The molecule has 2 aromatic rings. The zero-order valence-corrected chi connectivity index (χ0v) is 10.8. The van der Waals surface area contributed by atoms with E-state index in [1.54, 1.807) is 11.3 Å². The molecule has 4 nitrogen and oxygen atoms in total. The van der Waals surface area contributed by atoms with Crippen molar-refractivity contribution in [1.82, 2.24) is 10.2 Å². The van der Waals surface area contributed by atoms with Gasteiger partial charge in [-0.15, -0.1) is 21.5 Å². The average molecular weight is 248 g/mol. The van der Waals surface area contributed by atoms with Gasteiger partial charge in [-0.1, -0.05) is 0 Å². The van der Waals surface area contributed by atoms with Gasteiger partial charge in [0.25, 0.3) is 0 Å². The number of anilines is 1. The van der Waals surface area contributed by atoms with Crippen LogP contribution >= 0.6 is 11.3 Å². The van der Waals surface area contributed by atoms with Crippen LogP contribution in [0.2, 0.25) is 0 Å². The van der Waals surface area contributed by atoms with E-state index >= 15 is 0 Å². The molecule has 0 radical (unpaired) electrons. The third kappa shape index (κ3) is 3.01. The van der Waals surface area contributed by atoms with Crippen LogP contribution in [0.25, 0.3) is 10.6 Å². The van der Waals surface area contributed by atoms with Crippen molar-refractivity contribution in [3.8, 4) is 10.6 Å². The molecule has 3 N–H and O–H groups in total. The second kappa shape index (κ2) is 5.25. The molecule has 2 aromatic heterocycles. The van der Waals surface area contributed by atoms with Crippen LogP contribution in [0.1, 0.15) is 12.5 Å². The molecule has 0 bridgehead atoms. The van der Waals surface area contributed by atoms with E-state index in [1.807, 2.05) is 19.1 Å². The average Bonchev–Trinajstić information content (AvgIpc) is 2.73. The number of nitrogens with zero attached hydrogens (tertiary/aromatic N) is 2. The standard InChI is InChI=1S/C12H16N4S/c1-8-5-6-17-12(8)10-3-4-11(16-15-10)14-7-9(2)13/h3-6,9H,7,13H2,1-2H3,(H,14,16). The minimum atomic E-state index is 0.107. The number of nitrogens with one attached hydrogen (secondary N) is 1. The van der Waals surface area contributed by atoms with Gasteiger partial charge < -0.3 is 11.1 Å². The van der Waals surface area contributed by atoms with E-state index in [-0.39, 0.29) is 6.04 Å². The number of aryl methyl sites for hydroxylation is 1. The first-order valence-corrected chi connectivity index (χ1v) is 6.42. The van der Waals surface area contributed by atoms with Crippen LogP contribution in [0.4, 0.5) is 5.82 Å². The highest BCUT2D eigenvalue weighted by molar-refractivity contribution is 7.13. The lowest BCUT2D eigenvalue weighted by molar-refractivity contribution is 0.775. The Morgan fingerprint density at radius 3 is 2.71 bits per heavy atom. The molecule has 0 amide bonds. The number of thiophene rings is 1. The lowest BCUT2D eigenvalue weighted by Gasteiger charge is -2.07. The van der Waals surface area contributed by atoms with Gasteiger partial charge in [-0.2, -0.15) is 0 Å². The van der Waals surface area contributed by atoms with E-state index in [1.165, 1.54) is 10.4 Å². The van der Waals surface area contributed by atoms with Crippen molar-refractivity contribution in [2.45, 2.75) is 19.9 Å². The van der Waals surface area contributed by atoms with Crippen LogP contribution < -0.4 is 11.1 Å². The molecule has 1 atom stereocenters. The minimum absolute atomic E-state index is 0.107. The molecule has 0 saturated carbocycles. The third-order valence-electron chi connectivity index (χ3n) is 2.36. The largest absolute Gasteiger partial charge is 0.367 e. The first-order valence-electron chi connectivity index (χ1n) is 5.54. The fourth-order valence-corrected chi connectivity index (χ4v) is 2.34. The number of aromatic nitrogens is 2. The molecule has 90 valence electrons. The van der Waals surface area contributed by atoms with Gasteiger partial charge in [0.15, 0.2) is 0 Å². The summed E-state index contributed by atoms with van der Waals surface area (Å²) in [5.41, 5.74) is 7.82. The molecule has 0 aliphatic rings. The maximum Gasteiger partial charge on any atom is 0.148 e. The van der Waals surface area contributed by atoms with Gasteiger partial charge in [-0.3, -0.25) is 0 Å². The summed E-state index contributed by atoms with van der Waals surface area (Å²) in [5, 5.41) is 13.6. The maximum atomic E-state index is 5.66. The summed E-state index contributed by atoms with van der Waals surface area (Å²) in [6, 6.07) is 6.11. The molecule has 0 saturated heterocycles. The second-order valence-corrected chi connectivity index (χ2v) is 5.01. The van der Waals surface area contributed by atoms with E-state index in [0.717, 1.165) is 11.5 Å². The highest BCUT2D eigenvalue weighted by atomic mass is 32.1. The molecular formula is C12H16N4S. The fraction of sp³-hybridized carbons (Fsp3) is 0.333. The van der Waals surface area contributed by atoms with Crippen molar-refractivity contribution in [2.24, 2.45) is 5.73 Å². The van der Waals surface area contributed by atoms with Crippen molar-refractivity contribution >= 4 is 17.2 Å². The third-order valence-corrected chi connectivity index (χ3v) is 3.40. The Hall–Kier alpha value is -1.46. The summed E-state index contributed by atoms with van der Waals surface area (Å²) in [6.45, 7) is 4.73. The summed E-state index contributed by atoms with van der Waals surface area (Å²) in [4.78, 5) is 1.18. The Morgan fingerprint density at radius 2 is 2.18 bits per heavy atom. The Balaban J connectivity index is 2.11. The van der Waals surface area contributed by atoms with Crippen LogP contribution in [-0.2, 0) is 0 Å². The second-order valence-electron chi connectivity index (χ2n) is 4.09. The van der Waals surface area contributed by atoms with Crippen LogP contribution in [0.15, 0.2) is 23.6 Å². The number of hydrogen-bond donors (Lipinski definition) is 2. The van der Waals surface area contributed by atoms with Crippen molar-refractivity contribution in [1.29, 1.82) is 0 Å². The Bertz CT molecular complexity index is 476. The molecule has 0 aliphatic heterocycles. The van der Waals surface area contributed by atoms with Crippen molar-refractivity contribution in [2.75, 3.05) is 11.9 Å². The van der Waals surface area contributed by atoms with Crippen LogP contribution in [0.3, 0.4) is 0 Å². The molecular weight excluding hydrogens is 232 g/mol. The first-order chi connectivity index (χ1) is 8.16. The Kier molecular flexibility index (Phi) is 3.71. The minimum Gasteiger partial charge on any atom is -0.367 e. The zero-order valence-electron chi connectivity index (χ0n) is 9.97. The van der Waals surface area contributed by atoms with Gasteiger partial charge in [0.1, 0.15) is 11.5 Å². The van der Waals surface area contributed by atoms with Crippen molar-refractivity contribution < 1.29 is 0 Å². The Morgan fingerprint density at radius 1 is 1.35 bits per heavy atom. The molecule has 2 rings (SSSR count). The molecule has 5 heteroatoms. The van der Waals surface area contributed by atoms with Gasteiger partial charge in [0.2, 0.25) is 0 Å². The predicted molar refractivity (Wildman–Crippen MR) is 72.2 cm³/mol. The predicted octanol–water partition coefficient (Wildman–Crippen LogP) is 2.27. The molecule has 0 aliphatic carbocycles. The monoisotopic (exact) mass is 248 g/mol. The smallest absolute Gasteiger partial charge is 0.148 e. The highest BCUT2D eigenvalue weighted by Crippen LogP contribution is 2.26. The van der Waals surface area contributed by atoms with Crippen molar-refractivity contribution in [3.05, 3.63) is 29.1 Å². The highest BCUT2D eigenvalue weighted by Gasteiger charge is 2.05. The fourth-order valence-electron chi connectivity index (χ4n) is 1.45. The molecule has 0 aromatic carbocycles. The van der Waals surface area contributed by atoms with E-state index in [0.29, 0.717) is 6.54 Å². The molecule has 17 heavy (non-hydrogen) atoms. The van der Waals surface area contributed by atoms with Gasteiger partial charge >= 0.3 is 0 Å². The molecule has 0 spiro atoms. The molecule has 2 heterocycles. The van der Waals surface area contributed by atoms with Crippen LogP contribution in [0, 0.1) is 6.92 Å². The lowest BCUT2D eigenvalue weighted by atomic mass is 10.2. The summed E-state index contributed by atoms with van der Waals surface area (Å²) in [7, 11) is 0. The summed E-state index contributed by atoms with van der Waals surface area (Å²) >= 11 is 1.68.